The maximum absolute atomic E-state index is 12.8. The highest BCUT2D eigenvalue weighted by Crippen LogP contribution is 2.31. The Kier molecular flexibility index (Phi) is 4.08. The fraction of sp³-hybridized carbons (Fsp3) is 0.933. The molecular weight excluding hydrogens is 240 g/mol. The summed E-state index contributed by atoms with van der Waals surface area (Å²) in [6.45, 7) is 4.73. The summed E-state index contributed by atoms with van der Waals surface area (Å²) in [6, 6.07) is 0.406. The number of carbonyl (C=O) groups is 1. The Bertz CT molecular complexity index is 334. The molecule has 0 aromatic heterocycles. The minimum atomic E-state index is 0.0537. The Hall–Kier alpha value is -0.610. The highest BCUT2D eigenvalue weighted by molar-refractivity contribution is 5.82. The Morgan fingerprint density at radius 2 is 2.26 bits per heavy atom. The first-order valence-electron chi connectivity index (χ1n) is 7.95. The van der Waals surface area contributed by atoms with Crippen LogP contribution < -0.4 is 5.32 Å². The molecule has 108 valence electrons. The van der Waals surface area contributed by atoms with E-state index in [0.29, 0.717) is 18.1 Å². The highest BCUT2D eigenvalue weighted by atomic mass is 16.5. The molecule has 1 N–H and O–H groups in total. The van der Waals surface area contributed by atoms with Gasteiger partial charge in [-0.1, -0.05) is 13.3 Å². The second kappa shape index (κ2) is 5.80. The Balaban J connectivity index is 1.65. The molecule has 0 bridgehead atoms. The molecule has 0 spiro atoms. The maximum Gasteiger partial charge on any atom is 0.240 e. The van der Waals surface area contributed by atoms with E-state index < -0.39 is 0 Å². The summed E-state index contributed by atoms with van der Waals surface area (Å²) in [5.41, 5.74) is 0. The molecule has 3 fully saturated rings. The van der Waals surface area contributed by atoms with Gasteiger partial charge in [-0.3, -0.25) is 4.79 Å². The van der Waals surface area contributed by atoms with E-state index in [1.54, 1.807) is 0 Å². The average molecular weight is 266 g/mol. The molecular formula is C15H26N2O2. The SMILES string of the molecule is CCC1CCNC(C(=O)N2CCOC3CCCC32)C1. The predicted molar refractivity (Wildman–Crippen MR) is 73.9 cm³/mol. The van der Waals surface area contributed by atoms with Crippen LogP contribution in [0, 0.1) is 5.92 Å². The zero-order chi connectivity index (χ0) is 13.2. The lowest BCUT2D eigenvalue weighted by atomic mass is 9.89. The topological polar surface area (TPSA) is 41.6 Å². The van der Waals surface area contributed by atoms with Crippen molar-refractivity contribution in [3.63, 3.8) is 0 Å². The molecule has 2 aliphatic heterocycles. The molecule has 19 heavy (non-hydrogen) atoms. The summed E-state index contributed by atoms with van der Waals surface area (Å²) >= 11 is 0. The van der Waals surface area contributed by atoms with Gasteiger partial charge in [0.1, 0.15) is 0 Å². The molecule has 0 aromatic carbocycles. The number of amides is 1. The van der Waals surface area contributed by atoms with E-state index >= 15 is 0 Å². The number of hydrogen-bond donors (Lipinski definition) is 1. The number of morpholine rings is 1. The third kappa shape index (κ3) is 2.65. The van der Waals surface area contributed by atoms with E-state index in [1.807, 2.05) is 0 Å². The fourth-order valence-corrected chi connectivity index (χ4v) is 3.95. The molecule has 1 amide bonds. The number of hydrogen-bond acceptors (Lipinski definition) is 3. The van der Waals surface area contributed by atoms with Crippen molar-refractivity contribution in [2.75, 3.05) is 19.7 Å². The Morgan fingerprint density at radius 3 is 3.11 bits per heavy atom. The normalized spacial score (nSPS) is 39.1. The van der Waals surface area contributed by atoms with E-state index in [0.717, 1.165) is 44.9 Å². The third-order valence-corrected chi connectivity index (χ3v) is 5.15. The van der Waals surface area contributed by atoms with Crippen LogP contribution >= 0.6 is 0 Å². The fourth-order valence-electron chi connectivity index (χ4n) is 3.95. The molecule has 0 radical (unpaired) electrons. The van der Waals surface area contributed by atoms with Crippen LogP contribution in [-0.4, -0.2) is 48.7 Å². The van der Waals surface area contributed by atoms with Crippen molar-refractivity contribution >= 4 is 5.91 Å². The van der Waals surface area contributed by atoms with Crippen molar-refractivity contribution in [3.05, 3.63) is 0 Å². The summed E-state index contributed by atoms with van der Waals surface area (Å²) in [5.74, 6) is 1.05. The first-order valence-corrected chi connectivity index (χ1v) is 7.95. The quantitative estimate of drug-likeness (QED) is 0.824. The van der Waals surface area contributed by atoms with Gasteiger partial charge in [-0.05, 0) is 44.6 Å². The first kappa shape index (κ1) is 13.4. The number of fused-ring (bicyclic) bond motifs is 1. The van der Waals surface area contributed by atoms with Crippen LogP contribution in [0.2, 0.25) is 0 Å². The van der Waals surface area contributed by atoms with Gasteiger partial charge >= 0.3 is 0 Å². The van der Waals surface area contributed by atoms with E-state index in [1.165, 1.54) is 19.3 Å². The van der Waals surface area contributed by atoms with Gasteiger partial charge < -0.3 is 15.0 Å². The maximum atomic E-state index is 12.8. The van der Waals surface area contributed by atoms with Crippen LogP contribution in [0.25, 0.3) is 0 Å². The van der Waals surface area contributed by atoms with Gasteiger partial charge in [0, 0.05) is 6.54 Å². The first-order chi connectivity index (χ1) is 9.29. The number of ether oxygens (including phenoxy) is 1. The van der Waals surface area contributed by atoms with Crippen molar-refractivity contribution in [1.29, 1.82) is 0 Å². The van der Waals surface area contributed by atoms with Crippen LogP contribution in [0.4, 0.5) is 0 Å². The van der Waals surface area contributed by atoms with Gasteiger partial charge in [0.2, 0.25) is 5.91 Å². The van der Waals surface area contributed by atoms with Crippen molar-refractivity contribution in [2.45, 2.75) is 63.6 Å². The molecule has 0 aromatic rings. The van der Waals surface area contributed by atoms with E-state index in [2.05, 4.69) is 17.1 Å². The van der Waals surface area contributed by atoms with Gasteiger partial charge in [-0.25, -0.2) is 0 Å². The Morgan fingerprint density at radius 1 is 1.37 bits per heavy atom. The van der Waals surface area contributed by atoms with Gasteiger partial charge in [0.25, 0.3) is 0 Å². The predicted octanol–water partition coefficient (Wildman–Crippen LogP) is 1.54. The number of nitrogens with zero attached hydrogens (tertiary/aromatic N) is 1. The lowest BCUT2D eigenvalue weighted by Crippen LogP contribution is -2.58. The monoisotopic (exact) mass is 266 g/mol. The van der Waals surface area contributed by atoms with Crippen LogP contribution in [0.3, 0.4) is 0 Å². The molecule has 4 atom stereocenters. The lowest BCUT2D eigenvalue weighted by molar-refractivity contribution is -0.147. The van der Waals surface area contributed by atoms with Crippen LogP contribution in [0.5, 0.6) is 0 Å². The van der Waals surface area contributed by atoms with Crippen molar-refractivity contribution < 1.29 is 9.53 Å². The van der Waals surface area contributed by atoms with Crippen molar-refractivity contribution in [2.24, 2.45) is 5.92 Å². The van der Waals surface area contributed by atoms with Crippen LogP contribution in [0.1, 0.15) is 45.4 Å². The van der Waals surface area contributed by atoms with Crippen LogP contribution in [0.15, 0.2) is 0 Å². The van der Waals surface area contributed by atoms with Crippen molar-refractivity contribution in [3.8, 4) is 0 Å². The number of piperidine rings is 1. The average Bonchev–Trinajstić information content (AvgIpc) is 2.95. The number of rotatable bonds is 2. The number of carbonyl (C=O) groups excluding carboxylic acids is 1. The summed E-state index contributed by atoms with van der Waals surface area (Å²) in [7, 11) is 0. The van der Waals surface area contributed by atoms with Crippen molar-refractivity contribution in [1.82, 2.24) is 10.2 Å². The molecule has 4 nitrogen and oxygen atoms in total. The third-order valence-electron chi connectivity index (χ3n) is 5.15. The standard InChI is InChI=1S/C15H26N2O2/c1-2-11-6-7-16-12(10-11)15(18)17-8-9-19-14-5-3-4-13(14)17/h11-14,16H,2-10H2,1H3. The molecule has 1 saturated carbocycles. The highest BCUT2D eigenvalue weighted by Gasteiger charge is 2.40. The molecule has 2 saturated heterocycles. The summed E-state index contributed by atoms with van der Waals surface area (Å²) < 4.78 is 5.80. The largest absolute Gasteiger partial charge is 0.374 e. The second-order valence-electron chi connectivity index (χ2n) is 6.24. The van der Waals surface area contributed by atoms with E-state index in [-0.39, 0.29) is 6.04 Å². The van der Waals surface area contributed by atoms with E-state index in [4.69, 9.17) is 4.74 Å². The summed E-state index contributed by atoms with van der Waals surface area (Å²) in [4.78, 5) is 14.9. The van der Waals surface area contributed by atoms with Gasteiger partial charge in [-0.15, -0.1) is 0 Å². The zero-order valence-corrected chi connectivity index (χ0v) is 11.9. The summed E-state index contributed by atoms with van der Waals surface area (Å²) in [6.07, 6.45) is 7.20. The molecule has 4 unspecified atom stereocenters. The van der Waals surface area contributed by atoms with Crippen LogP contribution in [-0.2, 0) is 9.53 Å². The lowest BCUT2D eigenvalue weighted by Gasteiger charge is -2.41. The van der Waals surface area contributed by atoms with E-state index in [9.17, 15) is 4.79 Å². The Labute approximate surface area is 115 Å². The molecule has 2 heterocycles. The molecule has 1 aliphatic carbocycles. The van der Waals surface area contributed by atoms with Gasteiger partial charge in [-0.2, -0.15) is 0 Å². The molecule has 3 aliphatic rings. The van der Waals surface area contributed by atoms with Gasteiger partial charge in [0.05, 0.1) is 24.8 Å². The molecule has 4 heteroatoms. The van der Waals surface area contributed by atoms with Gasteiger partial charge in [0.15, 0.2) is 0 Å². The minimum absolute atomic E-state index is 0.0537. The zero-order valence-electron chi connectivity index (χ0n) is 11.9. The number of nitrogens with one attached hydrogen (secondary N) is 1. The second-order valence-corrected chi connectivity index (χ2v) is 6.24. The summed E-state index contributed by atoms with van der Waals surface area (Å²) in [5, 5.41) is 3.43. The molecule has 3 rings (SSSR count). The minimum Gasteiger partial charge on any atom is -0.374 e. The smallest absolute Gasteiger partial charge is 0.240 e.